The molecule has 0 spiro atoms. The second-order valence-electron chi connectivity index (χ2n) is 5.53. The molecule has 0 fully saturated rings. The Morgan fingerprint density at radius 2 is 1.96 bits per heavy atom. The molecule has 2 heterocycles. The molecule has 1 N–H and O–H groups in total. The van der Waals surface area contributed by atoms with Gasteiger partial charge in [0.25, 0.3) is 0 Å². The first-order valence-corrected chi connectivity index (χ1v) is 9.47. The Balaban J connectivity index is 1.84. The van der Waals surface area contributed by atoms with E-state index in [2.05, 4.69) is 21.6 Å². The van der Waals surface area contributed by atoms with Gasteiger partial charge in [0.05, 0.1) is 18.6 Å². The van der Waals surface area contributed by atoms with Crippen LogP contribution in [0.4, 0.5) is 0 Å². The van der Waals surface area contributed by atoms with Crippen molar-refractivity contribution in [3.8, 4) is 5.75 Å². The number of imidazole rings is 1. The van der Waals surface area contributed by atoms with E-state index in [1.807, 2.05) is 16.7 Å². The number of pyridine rings is 1. The highest BCUT2D eigenvalue weighted by Crippen LogP contribution is 2.17. The third-order valence-corrected chi connectivity index (χ3v) is 5.24. The zero-order valence-corrected chi connectivity index (χ0v) is 15.0. The minimum Gasteiger partial charge on any atom is -0.497 e. The molecule has 1 aromatic carbocycles. The molecular weight excluding hydrogens is 340 g/mol. The Labute approximate surface area is 146 Å². The molecule has 0 radical (unpaired) electrons. The number of ether oxygens (including phenoxy) is 1. The first-order valence-electron chi connectivity index (χ1n) is 7.99. The zero-order chi connectivity index (χ0) is 17.9. The van der Waals surface area contributed by atoms with Gasteiger partial charge >= 0.3 is 0 Å². The summed E-state index contributed by atoms with van der Waals surface area (Å²) in [5.74, 6) is 1.25. The molecule has 0 aliphatic carbocycles. The van der Waals surface area contributed by atoms with Gasteiger partial charge < -0.3 is 9.30 Å². The third kappa shape index (κ3) is 3.64. The number of sulfonamides is 1. The standard InChI is InChI=1S/C17H20N4O3S/c1-3-11-21-16(20-15-5-4-10-18-17(15)21)12-19-25(22,23)14-8-6-13(24-2)7-9-14/h4-10,19H,3,11-12H2,1-2H3. The maximum atomic E-state index is 12.5. The van der Waals surface area contributed by atoms with Crippen molar-refractivity contribution in [1.82, 2.24) is 19.3 Å². The van der Waals surface area contributed by atoms with E-state index >= 15 is 0 Å². The van der Waals surface area contributed by atoms with Crippen LogP contribution in [0.3, 0.4) is 0 Å². The number of nitrogens with one attached hydrogen (secondary N) is 1. The molecule has 0 saturated carbocycles. The van der Waals surface area contributed by atoms with Crippen LogP contribution in [0.2, 0.25) is 0 Å². The van der Waals surface area contributed by atoms with Crippen LogP contribution in [0, 0.1) is 0 Å². The number of fused-ring (bicyclic) bond motifs is 1. The van der Waals surface area contributed by atoms with Gasteiger partial charge in [-0.3, -0.25) is 0 Å². The molecule has 0 saturated heterocycles. The monoisotopic (exact) mass is 360 g/mol. The van der Waals surface area contributed by atoms with Crippen molar-refractivity contribution >= 4 is 21.2 Å². The number of methoxy groups -OCH3 is 1. The molecule has 132 valence electrons. The molecule has 0 aliphatic heterocycles. The van der Waals surface area contributed by atoms with Gasteiger partial charge in [-0.15, -0.1) is 0 Å². The Morgan fingerprint density at radius 3 is 2.64 bits per heavy atom. The summed E-state index contributed by atoms with van der Waals surface area (Å²) >= 11 is 0. The summed E-state index contributed by atoms with van der Waals surface area (Å²) in [6.45, 7) is 2.89. The highest BCUT2D eigenvalue weighted by Gasteiger charge is 2.17. The molecular formula is C17H20N4O3S. The van der Waals surface area contributed by atoms with E-state index in [0.29, 0.717) is 11.6 Å². The van der Waals surface area contributed by atoms with Crippen LogP contribution < -0.4 is 9.46 Å². The van der Waals surface area contributed by atoms with Crippen LogP contribution in [0.15, 0.2) is 47.5 Å². The number of hydrogen-bond donors (Lipinski definition) is 1. The predicted octanol–water partition coefficient (Wildman–Crippen LogP) is 2.33. The third-order valence-electron chi connectivity index (χ3n) is 3.82. The van der Waals surface area contributed by atoms with Gasteiger partial charge in [-0.05, 0) is 42.8 Å². The average molecular weight is 360 g/mol. The Bertz CT molecular complexity index is 965. The van der Waals surface area contributed by atoms with Crippen molar-refractivity contribution in [2.24, 2.45) is 0 Å². The van der Waals surface area contributed by atoms with Crippen LogP contribution in [-0.2, 0) is 23.1 Å². The van der Waals surface area contributed by atoms with Gasteiger partial charge in [0.1, 0.15) is 17.1 Å². The summed E-state index contributed by atoms with van der Waals surface area (Å²) in [4.78, 5) is 9.05. The minimum absolute atomic E-state index is 0.102. The normalized spacial score (nSPS) is 11.8. The maximum Gasteiger partial charge on any atom is 0.240 e. The van der Waals surface area contributed by atoms with Gasteiger partial charge in [0.15, 0.2) is 5.65 Å². The fourth-order valence-electron chi connectivity index (χ4n) is 2.60. The smallest absolute Gasteiger partial charge is 0.240 e. The molecule has 0 unspecified atom stereocenters. The molecule has 7 nitrogen and oxygen atoms in total. The van der Waals surface area contributed by atoms with Crippen LogP contribution in [-0.4, -0.2) is 30.1 Å². The van der Waals surface area contributed by atoms with Gasteiger partial charge in [0.2, 0.25) is 10.0 Å². The second-order valence-corrected chi connectivity index (χ2v) is 7.29. The van der Waals surface area contributed by atoms with Crippen molar-refractivity contribution in [2.45, 2.75) is 31.3 Å². The molecule has 0 amide bonds. The number of hydrogen-bond acceptors (Lipinski definition) is 5. The minimum atomic E-state index is -3.63. The fraction of sp³-hybridized carbons (Fsp3) is 0.294. The van der Waals surface area contributed by atoms with Crippen molar-refractivity contribution in [1.29, 1.82) is 0 Å². The molecule has 25 heavy (non-hydrogen) atoms. The number of rotatable bonds is 7. The van der Waals surface area contributed by atoms with Gasteiger partial charge in [-0.1, -0.05) is 6.92 Å². The highest BCUT2D eigenvalue weighted by atomic mass is 32.2. The summed E-state index contributed by atoms with van der Waals surface area (Å²) in [6, 6.07) is 9.94. The lowest BCUT2D eigenvalue weighted by Crippen LogP contribution is -2.25. The van der Waals surface area contributed by atoms with Crippen molar-refractivity contribution in [3.05, 3.63) is 48.4 Å². The number of aromatic nitrogens is 3. The molecule has 3 aromatic rings. The van der Waals surface area contributed by atoms with E-state index < -0.39 is 10.0 Å². The Hall–Kier alpha value is -2.45. The lowest BCUT2D eigenvalue weighted by molar-refractivity contribution is 0.414. The Kier molecular flexibility index (Phi) is 5.00. The summed E-state index contributed by atoms with van der Waals surface area (Å²) in [7, 11) is -2.10. The lowest BCUT2D eigenvalue weighted by Gasteiger charge is -2.09. The fourth-order valence-corrected chi connectivity index (χ4v) is 3.58. The summed E-state index contributed by atoms with van der Waals surface area (Å²) in [5.41, 5.74) is 1.53. The van der Waals surface area contributed by atoms with E-state index in [1.54, 1.807) is 18.3 Å². The largest absolute Gasteiger partial charge is 0.497 e. The van der Waals surface area contributed by atoms with E-state index in [9.17, 15) is 8.42 Å². The second kappa shape index (κ2) is 7.20. The van der Waals surface area contributed by atoms with Crippen molar-refractivity contribution in [3.63, 3.8) is 0 Å². The molecule has 0 atom stereocenters. The molecule has 2 aromatic heterocycles. The van der Waals surface area contributed by atoms with E-state index in [4.69, 9.17) is 4.74 Å². The van der Waals surface area contributed by atoms with Crippen LogP contribution in [0.5, 0.6) is 5.75 Å². The average Bonchev–Trinajstić information content (AvgIpc) is 2.98. The Morgan fingerprint density at radius 1 is 1.20 bits per heavy atom. The van der Waals surface area contributed by atoms with Gasteiger partial charge in [-0.2, -0.15) is 0 Å². The van der Waals surface area contributed by atoms with Crippen molar-refractivity contribution in [2.75, 3.05) is 7.11 Å². The topological polar surface area (TPSA) is 86.1 Å². The molecule has 0 aliphatic rings. The maximum absolute atomic E-state index is 12.5. The first-order chi connectivity index (χ1) is 12.0. The number of aryl methyl sites for hydroxylation is 1. The van der Waals surface area contributed by atoms with E-state index in [-0.39, 0.29) is 11.4 Å². The first kappa shape index (κ1) is 17.4. The predicted molar refractivity (Wildman–Crippen MR) is 94.8 cm³/mol. The van der Waals surface area contributed by atoms with Gasteiger partial charge in [-0.25, -0.2) is 23.1 Å². The van der Waals surface area contributed by atoms with Crippen molar-refractivity contribution < 1.29 is 13.2 Å². The SMILES string of the molecule is CCCn1c(CNS(=O)(=O)c2ccc(OC)cc2)nc2cccnc21. The lowest BCUT2D eigenvalue weighted by atomic mass is 10.3. The summed E-state index contributed by atoms with van der Waals surface area (Å²) < 4.78 is 34.6. The number of nitrogens with zero attached hydrogens (tertiary/aromatic N) is 3. The van der Waals surface area contributed by atoms with E-state index in [1.165, 1.54) is 19.2 Å². The summed E-state index contributed by atoms with van der Waals surface area (Å²) in [5, 5.41) is 0. The van der Waals surface area contributed by atoms with Crippen LogP contribution >= 0.6 is 0 Å². The quantitative estimate of drug-likeness (QED) is 0.699. The molecule has 3 rings (SSSR count). The van der Waals surface area contributed by atoms with Gasteiger partial charge in [0, 0.05) is 12.7 Å². The van der Waals surface area contributed by atoms with E-state index in [0.717, 1.165) is 24.1 Å². The summed E-state index contributed by atoms with van der Waals surface area (Å²) in [6.07, 6.45) is 2.61. The van der Waals surface area contributed by atoms with Crippen LogP contribution in [0.25, 0.3) is 11.2 Å². The number of benzene rings is 1. The van der Waals surface area contributed by atoms with Crippen LogP contribution in [0.1, 0.15) is 19.2 Å². The highest BCUT2D eigenvalue weighted by molar-refractivity contribution is 7.89. The zero-order valence-electron chi connectivity index (χ0n) is 14.1. The molecule has 8 heteroatoms. The molecule has 0 bridgehead atoms.